The third-order valence-corrected chi connectivity index (χ3v) is 3.00. The van der Waals surface area contributed by atoms with Crippen molar-refractivity contribution in [1.29, 1.82) is 0 Å². The number of aromatic nitrogens is 2. The molecule has 0 aromatic carbocycles. The maximum absolute atomic E-state index is 5.63. The van der Waals surface area contributed by atoms with Gasteiger partial charge in [-0.25, -0.2) is 0 Å². The Morgan fingerprint density at radius 3 is 3.06 bits per heavy atom. The standard InChI is InChI=1S/C12H21N3O/c1-2-16-11(9-13)5-7-15-8-6-12(14-15)10-3-4-10/h6,8,10-11H,2-5,7,9,13H2,1H3. The summed E-state index contributed by atoms with van der Waals surface area (Å²) in [5, 5.41) is 4.56. The van der Waals surface area contributed by atoms with Crippen LogP contribution in [0.3, 0.4) is 0 Å². The second kappa shape index (κ2) is 5.46. The molecule has 1 aliphatic rings. The fourth-order valence-electron chi connectivity index (χ4n) is 1.88. The molecule has 2 N–H and O–H groups in total. The lowest BCUT2D eigenvalue weighted by atomic mass is 10.2. The molecule has 1 atom stereocenters. The molecule has 1 aromatic rings. The Bertz CT molecular complexity index is 320. The SMILES string of the molecule is CCOC(CN)CCn1ccc(C2CC2)n1. The molecular formula is C12H21N3O. The van der Waals surface area contributed by atoms with Gasteiger partial charge in [0.25, 0.3) is 0 Å². The summed E-state index contributed by atoms with van der Waals surface area (Å²) in [7, 11) is 0. The molecule has 1 heterocycles. The highest BCUT2D eigenvalue weighted by atomic mass is 16.5. The van der Waals surface area contributed by atoms with Crippen LogP contribution >= 0.6 is 0 Å². The van der Waals surface area contributed by atoms with Gasteiger partial charge in [0.2, 0.25) is 0 Å². The minimum absolute atomic E-state index is 0.165. The van der Waals surface area contributed by atoms with Gasteiger partial charge in [-0.2, -0.15) is 5.10 Å². The summed E-state index contributed by atoms with van der Waals surface area (Å²) >= 11 is 0. The number of hydrogen-bond acceptors (Lipinski definition) is 3. The molecule has 0 spiro atoms. The maximum atomic E-state index is 5.63. The fraction of sp³-hybridized carbons (Fsp3) is 0.750. The molecule has 1 fully saturated rings. The van der Waals surface area contributed by atoms with Crippen LogP contribution in [0.4, 0.5) is 0 Å². The molecule has 0 saturated heterocycles. The van der Waals surface area contributed by atoms with Crippen molar-refractivity contribution in [2.45, 2.75) is 44.8 Å². The quantitative estimate of drug-likeness (QED) is 0.762. The molecule has 1 unspecified atom stereocenters. The molecule has 1 saturated carbocycles. The van der Waals surface area contributed by atoms with E-state index in [9.17, 15) is 0 Å². The van der Waals surface area contributed by atoms with Gasteiger partial charge in [-0.1, -0.05) is 0 Å². The highest BCUT2D eigenvalue weighted by molar-refractivity contribution is 5.12. The van der Waals surface area contributed by atoms with Crippen LogP contribution in [0, 0.1) is 0 Å². The van der Waals surface area contributed by atoms with E-state index in [1.807, 2.05) is 11.6 Å². The summed E-state index contributed by atoms with van der Waals surface area (Å²) < 4.78 is 7.52. The Kier molecular flexibility index (Phi) is 3.96. The van der Waals surface area contributed by atoms with Crippen LogP contribution in [-0.4, -0.2) is 29.0 Å². The molecule has 1 aliphatic carbocycles. The van der Waals surface area contributed by atoms with Gasteiger partial charge in [0.05, 0.1) is 11.8 Å². The van der Waals surface area contributed by atoms with Gasteiger partial charge in [-0.05, 0) is 32.3 Å². The van der Waals surface area contributed by atoms with Gasteiger partial charge in [0.15, 0.2) is 0 Å². The second-order valence-electron chi connectivity index (χ2n) is 4.38. The number of hydrogen-bond donors (Lipinski definition) is 1. The Balaban J connectivity index is 1.78. The lowest BCUT2D eigenvalue weighted by Crippen LogP contribution is -2.25. The lowest BCUT2D eigenvalue weighted by Gasteiger charge is -2.14. The number of nitrogens with two attached hydrogens (primary N) is 1. The molecular weight excluding hydrogens is 202 g/mol. The molecule has 90 valence electrons. The van der Waals surface area contributed by atoms with Gasteiger partial charge < -0.3 is 10.5 Å². The average Bonchev–Trinajstić information content (AvgIpc) is 3.04. The van der Waals surface area contributed by atoms with E-state index in [1.165, 1.54) is 18.5 Å². The Morgan fingerprint density at radius 1 is 1.62 bits per heavy atom. The summed E-state index contributed by atoms with van der Waals surface area (Å²) in [4.78, 5) is 0. The minimum Gasteiger partial charge on any atom is -0.377 e. The van der Waals surface area contributed by atoms with Crippen molar-refractivity contribution < 1.29 is 4.74 Å². The van der Waals surface area contributed by atoms with E-state index in [0.717, 1.165) is 25.5 Å². The van der Waals surface area contributed by atoms with E-state index in [-0.39, 0.29) is 6.10 Å². The number of rotatable bonds is 7. The zero-order chi connectivity index (χ0) is 11.4. The van der Waals surface area contributed by atoms with Crippen molar-refractivity contribution in [2.75, 3.05) is 13.2 Å². The minimum atomic E-state index is 0.165. The molecule has 2 rings (SSSR count). The van der Waals surface area contributed by atoms with Crippen molar-refractivity contribution in [2.24, 2.45) is 5.73 Å². The summed E-state index contributed by atoms with van der Waals surface area (Å²) in [5.74, 6) is 0.735. The monoisotopic (exact) mass is 223 g/mol. The van der Waals surface area contributed by atoms with Crippen LogP contribution in [0.15, 0.2) is 12.3 Å². The molecule has 0 amide bonds. The molecule has 0 bridgehead atoms. The molecule has 1 aromatic heterocycles. The number of nitrogens with zero attached hydrogens (tertiary/aromatic N) is 2. The van der Waals surface area contributed by atoms with Crippen molar-refractivity contribution in [1.82, 2.24) is 9.78 Å². The van der Waals surface area contributed by atoms with E-state index >= 15 is 0 Å². The molecule has 0 aliphatic heterocycles. The van der Waals surface area contributed by atoms with E-state index in [2.05, 4.69) is 17.4 Å². The topological polar surface area (TPSA) is 53.1 Å². The third kappa shape index (κ3) is 3.06. The predicted octanol–water partition coefficient (Wildman–Crippen LogP) is 1.51. The molecule has 16 heavy (non-hydrogen) atoms. The summed E-state index contributed by atoms with van der Waals surface area (Å²) in [6.07, 6.45) is 5.78. The first-order valence-electron chi connectivity index (χ1n) is 6.18. The smallest absolute Gasteiger partial charge is 0.0714 e. The van der Waals surface area contributed by atoms with E-state index in [1.54, 1.807) is 0 Å². The van der Waals surface area contributed by atoms with Crippen molar-refractivity contribution in [3.05, 3.63) is 18.0 Å². The maximum Gasteiger partial charge on any atom is 0.0714 e. The highest BCUT2D eigenvalue weighted by Gasteiger charge is 2.25. The fourth-order valence-corrected chi connectivity index (χ4v) is 1.88. The number of aryl methyl sites for hydroxylation is 1. The van der Waals surface area contributed by atoms with Crippen LogP contribution in [0.2, 0.25) is 0 Å². The van der Waals surface area contributed by atoms with E-state index < -0.39 is 0 Å². The molecule has 4 heteroatoms. The van der Waals surface area contributed by atoms with Crippen LogP contribution in [0.25, 0.3) is 0 Å². The third-order valence-electron chi connectivity index (χ3n) is 3.00. The van der Waals surface area contributed by atoms with Gasteiger partial charge in [0, 0.05) is 31.8 Å². The average molecular weight is 223 g/mol. The van der Waals surface area contributed by atoms with Gasteiger partial charge >= 0.3 is 0 Å². The van der Waals surface area contributed by atoms with Gasteiger partial charge in [0.1, 0.15) is 0 Å². The first kappa shape index (κ1) is 11.6. The van der Waals surface area contributed by atoms with E-state index in [4.69, 9.17) is 10.5 Å². The van der Waals surface area contributed by atoms with Crippen LogP contribution < -0.4 is 5.73 Å². The van der Waals surface area contributed by atoms with Crippen molar-refractivity contribution in [3.63, 3.8) is 0 Å². The molecule has 4 nitrogen and oxygen atoms in total. The van der Waals surface area contributed by atoms with Crippen LogP contribution in [0.5, 0.6) is 0 Å². The van der Waals surface area contributed by atoms with Gasteiger partial charge in [-0.3, -0.25) is 4.68 Å². The normalized spacial score (nSPS) is 17.6. The van der Waals surface area contributed by atoms with Crippen LogP contribution in [-0.2, 0) is 11.3 Å². The predicted molar refractivity (Wildman–Crippen MR) is 63.3 cm³/mol. The Morgan fingerprint density at radius 2 is 2.44 bits per heavy atom. The lowest BCUT2D eigenvalue weighted by molar-refractivity contribution is 0.0591. The van der Waals surface area contributed by atoms with Crippen LogP contribution in [0.1, 0.15) is 37.8 Å². The summed E-state index contributed by atoms with van der Waals surface area (Å²) in [5.41, 5.74) is 6.88. The first-order valence-corrected chi connectivity index (χ1v) is 6.18. The van der Waals surface area contributed by atoms with Crippen molar-refractivity contribution in [3.8, 4) is 0 Å². The second-order valence-corrected chi connectivity index (χ2v) is 4.38. The highest BCUT2D eigenvalue weighted by Crippen LogP contribution is 2.38. The zero-order valence-corrected chi connectivity index (χ0v) is 9.93. The Hall–Kier alpha value is -0.870. The van der Waals surface area contributed by atoms with E-state index in [0.29, 0.717) is 6.54 Å². The molecule has 0 radical (unpaired) electrons. The summed E-state index contributed by atoms with van der Waals surface area (Å²) in [6.45, 7) is 4.22. The largest absolute Gasteiger partial charge is 0.377 e. The van der Waals surface area contributed by atoms with Gasteiger partial charge in [-0.15, -0.1) is 0 Å². The first-order chi connectivity index (χ1) is 7.83. The Labute approximate surface area is 96.8 Å². The number of ether oxygens (including phenoxy) is 1. The zero-order valence-electron chi connectivity index (χ0n) is 9.93. The van der Waals surface area contributed by atoms with Crippen molar-refractivity contribution >= 4 is 0 Å². The summed E-state index contributed by atoms with van der Waals surface area (Å²) in [6, 6.07) is 2.13.